The van der Waals surface area contributed by atoms with E-state index in [-0.39, 0.29) is 30.2 Å². The highest BCUT2D eigenvalue weighted by atomic mass is 16.7. The number of hydrogen-bond donors (Lipinski definition) is 0. The van der Waals surface area contributed by atoms with Crippen LogP contribution in [0.3, 0.4) is 0 Å². The normalized spacial score (nSPS) is 20.0. The van der Waals surface area contributed by atoms with Crippen LogP contribution in [-0.2, 0) is 25.3 Å². The van der Waals surface area contributed by atoms with Crippen molar-refractivity contribution in [3.05, 3.63) is 29.3 Å². The van der Waals surface area contributed by atoms with Crippen molar-refractivity contribution in [2.45, 2.75) is 71.5 Å². The number of carbonyl (C=O) groups is 1. The van der Waals surface area contributed by atoms with Crippen LogP contribution in [-0.4, -0.2) is 31.4 Å². The second kappa shape index (κ2) is 6.89. The van der Waals surface area contributed by atoms with Crippen LogP contribution in [0.4, 0.5) is 0 Å². The fourth-order valence-electron chi connectivity index (χ4n) is 2.96. The SMILES string of the molecule is CCCc1cc(B2OC(C)(C)C(C)(C)O2)ccc1C(C)C(=O)OC. The van der Waals surface area contributed by atoms with Crippen molar-refractivity contribution >= 4 is 18.6 Å². The van der Waals surface area contributed by atoms with E-state index in [0.29, 0.717) is 0 Å². The summed E-state index contributed by atoms with van der Waals surface area (Å²) in [5.41, 5.74) is 2.45. The molecular formula is C19H29BO4. The highest BCUT2D eigenvalue weighted by Gasteiger charge is 2.51. The maximum absolute atomic E-state index is 11.9. The summed E-state index contributed by atoms with van der Waals surface area (Å²) in [6.07, 6.45) is 1.91. The molecule has 0 bridgehead atoms. The van der Waals surface area contributed by atoms with Crippen LogP contribution < -0.4 is 5.46 Å². The molecule has 0 saturated carbocycles. The molecule has 1 heterocycles. The highest BCUT2D eigenvalue weighted by Crippen LogP contribution is 2.36. The van der Waals surface area contributed by atoms with Crippen LogP contribution in [0, 0.1) is 0 Å². The lowest BCUT2D eigenvalue weighted by molar-refractivity contribution is -0.142. The third-order valence-electron chi connectivity index (χ3n) is 5.23. The summed E-state index contributed by atoms with van der Waals surface area (Å²) >= 11 is 0. The van der Waals surface area contributed by atoms with Gasteiger partial charge in [-0.25, -0.2) is 0 Å². The quantitative estimate of drug-likeness (QED) is 0.613. The maximum atomic E-state index is 11.9. The molecule has 1 aromatic rings. The van der Waals surface area contributed by atoms with Gasteiger partial charge in [0.1, 0.15) is 0 Å². The fourth-order valence-corrected chi connectivity index (χ4v) is 2.96. The molecule has 0 radical (unpaired) electrons. The summed E-state index contributed by atoms with van der Waals surface area (Å²) in [6.45, 7) is 12.2. The van der Waals surface area contributed by atoms with Crippen LogP contribution >= 0.6 is 0 Å². The Bertz CT molecular complexity index is 593. The second-order valence-corrected chi connectivity index (χ2v) is 7.54. The predicted octanol–water partition coefficient (Wildman–Crippen LogP) is 3.21. The van der Waals surface area contributed by atoms with Gasteiger partial charge in [0, 0.05) is 0 Å². The van der Waals surface area contributed by atoms with Gasteiger partial charge < -0.3 is 14.0 Å². The molecule has 0 N–H and O–H groups in total. The van der Waals surface area contributed by atoms with Gasteiger partial charge in [0.25, 0.3) is 0 Å². The van der Waals surface area contributed by atoms with Crippen LogP contribution in [0.1, 0.15) is 65.0 Å². The number of ether oxygens (including phenoxy) is 1. The second-order valence-electron chi connectivity index (χ2n) is 7.54. The standard InChI is InChI=1S/C19H29BO4/c1-8-9-14-12-15(10-11-16(14)13(2)17(21)22-7)20-23-18(3,4)19(5,6)24-20/h10-13H,8-9H2,1-7H3. The first kappa shape index (κ1) is 19.0. The number of rotatable bonds is 5. The van der Waals surface area contributed by atoms with E-state index in [9.17, 15) is 4.79 Å². The first-order chi connectivity index (χ1) is 11.1. The average molecular weight is 332 g/mol. The van der Waals surface area contributed by atoms with Gasteiger partial charge in [-0.1, -0.05) is 31.5 Å². The number of hydrogen-bond acceptors (Lipinski definition) is 4. The Morgan fingerprint density at radius 1 is 1.21 bits per heavy atom. The molecule has 2 rings (SSSR count). The summed E-state index contributed by atoms with van der Waals surface area (Å²) < 4.78 is 17.2. The van der Waals surface area contributed by atoms with Crippen molar-refractivity contribution in [3.8, 4) is 0 Å². The molecule has 0 spiro atoms. The first-order valence-corrected chi connectivity index (χ1v) is 8.69. The minimum Gasteiger partial charge on any atom is -0.469 e. The smallest absolute Gasteiger partial charge is 0.469 e. The molecule has 0 aromatic heterocycles. The monoisotopic (exact) mass is 332 g/mol. The van der Waals surface area contributed by atoms with Gasteiger partial charge in [0.2, 0.25) is 0 Å². The van der Waals surface area contributed by atoms with E-state index in [1.807, 2.05) is 46.8 Å². The van der Waals surface area contributed by atoms with Gasteiger partial charge in [-0.3, -0.25) is 4.79 Å². The first-order valence-electron chi connectivity index (χ1n) is 8.69. The van der Waals surface area contributed by atoms with E-state index in [1.165, 1.54) is 7.11 Å². The van der Waals surface area contributed by atoms with Crippen molar-refractivity contribution < 1.29 is 18.8 Å². The van der Waals surface area contributed by atoms with Crippen LogP contribution in [0.15, 0.2) is 18.2 Å². The Labute approximate surface area is 146 Å². The number of aryl methyl sites for hydroxylation is 1. The van der Waals surface area contributed by atoms with E-state index in [4.69, 9.17) is 14.0 Å². The molecule has 0 aliphatic carbocycles. The van der Waals surface area contributed by atoms with E-state index in [1.54, 1.807) is 0 Å². The van der Waals surface area contributed by atoms with Crippen molar-refractivity contribution in [2.24, 2.45) is 0 Å². The molecule has 1 aliphatic heterocycles. The summed E-state index contributed by atoms with van der Waals surface area (Å²) in [7, 11) is 1.05. The molecule has 1 aromatic carbocycles. The highest BCUT2D eigenvalue weighted by molar-refractivity contribution is 6.62. The summed E-state index contributed by atoms with van der Waals surface area (Å²) in [4.78, 5) is 11.9. The molecule has 1 atom stereocenters. The van der Waals surface area contributed by atoms with Gasteiger partial charge >= 0.3 is 13.1 Å². The molecule has 1 saturated heterocycles. The lowest BCUT2D eigenvalue weighted by atomic mass is 9.76. The Hall–Kier alpha value is -1.33. The van der Waals surface area contributed by atoms with Gasteiger partial charge in [-0.05, 0) is 57.6 Å². The number of methoxy groups -OCH3 is 1. The molecule has 1 unspecified atom stereocenters. The van der Waals surface area contributed by atoms with Crippen LogP contribution in [0.25, 0.3) is 0 Å². The zero-order chi connectivity index (χ0) is 18.1. The summed E-state index contributed by atoms with van der Waals surface area (Å²) in [6, 6.07) is 6.11. The summed E-state index contributed by atoms with van der Waals surface area (Å²) in [5.74, 6) is -0.486. The molecule has 1 fully saturated rings. The largest absolute Gasteiger partial charge is 0.494 e. The fraction of sp³-hybridized carbons (Fsp3) is 0.632. The lowest BCUT2D eigenvalue weighted by Gasteiger charge is -2.32. The van der Waals surface area contributed by atoms with Crippen LogP contribution in [0.5, 0.6) is 0 Å². The van der Waals surface area contributed by atoms with Crippen molar-refractivity contribution in [1.29, 1.82) is 0 Å². The zero-order valence-electron chi connectivity index (χ0n) is 15.9. The predicted molar refractivity (Wildman–Crippen MR) is 96.6 cm³/mol. The molecule has 0 amide bonds. The van der Waals surface area contributed by atoms with Gasteiger partial charge in [-0.15, -0.1) is 0 Å². The van der Waals surface area contributed by atoms with E-state index < -0.39 is 0 Å². The lowest BCUT2D eigenvalue weighted by Crippen LogP contribution is -2.41. The summed E-state index contributed by atoms with van der Waals surface area (Å²) in [5, 5.41) is 0. The van der Waals surface area contributed by atoms with Crippen molar-refractivity contribution in [3.63, 3.8) is 0 Å². The van der Waals surface area contributed by atoms with E-state index in [2.05, 4.69) is 13.0 Å². The molecule has 24 heavy (non-hydrogen) atoms. The average Bonchev–Trinajstić information content (AvgIpc) is 2.74. The Morgan fingerprint density at radius 3 is 2.29 bits per heavy atom. The van der Waals surface area contributed by atoms with Crippen molar-refractivity contribution in [2.75, 3.05) is 7.11 Å². The van der Waals surface area contributed by atoms with Crippen LogP contribution in [0.2, 0.25) is 0 Å². The molecule has 4 nitrogen and oxygen atoms in total. The van der Waals surface area contributed by atoms with E-state index in [0.717, 1.165) is 29.4 Å². The third-order valence-corrected chi connectivity index (χ3v) is 5.23. The molecule has 5 heteroatoms. The third kappa shape index (κ3) is 3.52. The number of esters is 1. The molecule has 132 valence electrons. The Balaban J connectivity index is 2.34. The Kier molecular flexibility index (Phi) is 5.45. The van der Waals surface area contributed by atoms with Gasteiger partial charge in [0.05, 0.1) is 24.2 Å². The maximum Gasteiger partial charge on any atom is 0.494 e. The van der Waals surface area contributed by atoms with Gasteiger partial charge in [0.15, 0.2) is 0 Å². The van der Waals surface area contributed by atoms with Gasteiger partial charge in [-0.2, -0.15) is 0 Å². The van der Waals surface area contributed by atoms with E-state index >= 15 is 0 Å². The minimum atomic E-state index is -0.381. The number of carbonyl (C=O) groups excluding carboxylic acids is 1. The molecular weight excluding hydrogens is 303 g/mol. The Morgan fingerprint density at radius 2 is 1.79 bits per heavy atom. The number of benzene rings is 1. The van der Waals surface area contributed by atoms with Crippen molar-refractivity contribution in [1.82, 2.24) is 0 Å². The topological polar surface area (TPSA) is 44.8 Å². The molecule has 1 aliphatic rings. The zero-order valence-corrected chi connectivity index (χ0v) is 15.9. The minimum absolute atomic E-state index is 0.212.